The van der Waals surface area contributed by atoms with E-state index in [1.807, 2.05) is 20.8 Å². The first-order valence-electron chi connectivity index (χ1n) is 11.9. The van der Waals surface area contributed by atoms with Crippen LogP contribution in [0.15, 0.2) is 23.5 Å². The molecule has 4 aliphatic carbocycles. The molecule has 0 aromatic carbocycles. The van der Waals surface area contributed by atoms with Crippen LogP contribution in [0.1, 0.15) is 79.1 Å². The van der Waals surface area contributed by atoms with Crippen LogP contribution >= 0.6 is 0 Å². The van der Waals surface area contributed by atoms with Gasteiger partial charge in [0.05, 0.1) is 12.0 Å². The summed E-state index contributed by atoms with van der Waals surface area (Å²) < 4.78 is 10.9. The third kappa shape index (κ3) is 4.12. The van der Waals surface area contributed by atoms with E-state index in [9.17, 15) is 14.4 Å². The van der Waals surface area contributed by atoms with Gasteiger partial charge in [0.25, 0.3) is 0 Å². The van der Waals surface area contributed by atoms with Crippen LogP contribution in [0.25, 0.3) is 0 Å². The number of allylic oxidation sites excluding steroid dienone is 4. The Labute approximate surface area is 185 Å². The Morgan fingerprint density at radius 1 is 1.13 bits per heavy atom. The molecule has 4 rings (SSSR count). The Bertz CT molecular complexity index is 829. The van der Waals surface area contributed by atoms with Gasteiger partial charge in [-0.3, -0.25) is 14.4 Å². The molecule has 0 aliphatic heterocycles. The predicted octanol–water partition coefficient (Wildman–Crippen LogP) is 5.14. The van der Waals surface area contributed by atoms with Crippen molar-refractivity contribution >= 4 is 17.7 Å². The number of carbonyl (C=O) groups is 3. The minimum atomic E-state index is -0.515. The molecule has 5 nitrogen and oxygen atoms in total. The highest BCUT2D eigenvalue weighted by Gasteiger charge is 2.57. The van der Waals surface area contributed by atoms with Crippen molar-refractivity contribution in [2.45, 2.75) is 79.1 Å². The Morgan fingerprint density at radius 3 is 2.61 bits per heavy atom. The maximum atomic E-state index is 13.1. The van der Waals surface area contributed by atoms with E-state index in [1.54, 1.807) is 0 Å². The lowest BCUT2D eigenvalue weighted by molar-refractivity contribution is -0.156. The third-order valence-corrected chi connectivity index (χ3v) is 8.21. The second-order valence-corrected chi connectivity index (χ2v) is 11.0. The Kier molecular flexibility index (Phi) is 5.91. The highest BCUT2D eigenvalue weighted by molar-refractivity contribution is 5.87. The van der Waals surface area contributed by atoms with Crippen LogP contribution in [0, 0.1) is 34.5 Å². The number of rotatable bonds is 4. The third-order valence-electron chi connectivity index (χ3n) is 8.21. The molecule has 0 heterocycles. The average Bonchev–Trinajstić information content (AvgIpc) is 3.03. The number of esters is 2. The second-order valence-electron chi connectivity index (χ2n) is 11.0. The highest BCUT2D eigenvalue weighted by atomic mass is 16.5. The number of carbonyl (C=O) groups excluding carboxylic acids is 3. The SMILES string of the molecule is CC(=O)OC1=CC2=CCC3C(CC[C@]4(CCOC(=O)C(C)(C)C)C(=O)CCC34)C2CC1. The molecule has 31 heavy (non-hydrogen) atoms. The maximum Gasteiger partial charge on any atom is 0.311 e. The molecule has 5 heteroatoms. The van der Waals surface area contributed by atoms with Crippen LogP contribution in [0.5, 0.6) is 0 Å². The average molecular weight is 429 g/mol. The molecule has 4 aliphatic rings. The normalized spacial score (nSPS) is 34.6. The number of fused-ring (bicyclic) bond motifs is 5. The Balaban J connectivity index is 1.49. The van der Waals surface area contributed by atoms with Crippen molar-refractivity contribution in [1.82, 2.24) is 0 Å². The zero-order chi connectivity index (χ0) is 22.4. The van der Waals surface area contributed by atoms with Gasteiger partial charge in [0.15, 0.2) is 0 Å². The van der Waals surface area contributed by atoms with Crippen LogP contribution in [0.3, 0.4) is 0 Å². The Morgan fingerprint density at radius 2 is 1.90 bits per heavy atom. The molecular formula is C26H36O5. The van der Waals surface area contributed by atoms with Gasteiger partial charge in [0, 0.05) is 25.2 Å². The quantitative estimate of drug-likeness (QED) is 0.580. The minimum absolute atomic E-state index is 0.192. The lowest BCUT2D eigenvalue weighted by atomic mass is 9.52. The first-order valence-corrected chi connectivity index (χ1v) is 11.9. The van der Waals surface area contributed by atoms with Crippen LogP contribution in [-0.4, -0.2) is 24.3 Å². The molecule has 0 aromatic heterocycles. The molecule has 0 spiro atoms. The monoisotopic (exact) mass is 428 g/mol. The molecule has 0 bridgehead atoms. The van der Waals surface area contributed by atoms with Gasteiger partial charge < -0.3 is 9.47 Å². The molecule has 4 unspecified atom stereocenters. The molecular weight excluding hydrogens is 392 g/mol. The Hall–Kier alpha value is -1.91. The smallest absolute Gasteiger partial charge is 0.311 e. The van der Waals surface area contributed by atoms with Crippen molar-refractivity contribution in [3.63, 3.8) is 0 Å². The lowest BCUT2D eigenvalue weighted by Crippen LogP contribution is -2.47. The largest absolute Gasteiger partial charge is 0.465 e. The summed E-state index contributed by atoms with van der Waals surface area (Å²) in [6.45, 7) is 7.38. The van der Waals surface area contributed by atoms with Gasteiger partial charge in [-0.05, 0) is 94.6 Å². The minimum Gasteiger partial charge on any atom is -0.465 e. The molecule has 2 saturated carbocycles. The number of Topliss-reactive ketones (excluding diaryl/α,β-unsaturated/α-hetero) is 1. The highest BCUT2D eigenvalue weighted by Crippen LogP contribution is 2.61. The fourth-order valence-corrected chi connectivity index (χ4v) is 6.77. The van der Waals surface area contributed by atoms with Crippen LogP contribution in [-0.2, 0) is 23.9 Å². The summed E-state index contributed by atoms with van der Waals surface area (Å²) in [5, 5.41) is 0. The van der Waals surface area contributed by atoms with E-state index >= 15 is 0 Å². The van der Waals surface area contributed by atoms with Crippen molar-refractivity contribution < 1.29 is 23.9 Å². The lowest BCUT2D eigenvalue weighted by Gasteiger charge is -2.52. The van der Waals surface area contributed by atoms with E-state index in [4.69, 9.17) is 9.47 Å². The fourth-order valence-electron chi connectivity index (χ4n) is 6.77. The van der Waals surface area contributed by atoms with Gasteiger partial charge >= 0.3 is 11.9 Å². The zero-order valence-corrected chi connectivity index (χ0v) is 19.4. The topological polar surface area (TPSA) is 69.7 Å². The van der Waals surface area contributed by atoms with E-state index in [0.29, 0.717) is 48.9 Å². The first-order chi connectivity index (χ1) is 14.6. The van der Waals surface area contributed by atoms with E-state index in [1.165, 1.54) is 12.5 Å². The van der Waals surface area contributed by atoms with Gasteiger partial charge in [-0.25, -0.2) is 0 Å². The summed E-state index contributed by atoms with van der Waals surface area (Å²) in [4.78, 5) is 36.6. The van der Waals surface area contributed by atoms with Crippen molar-refractivity contribution in [3.8, 4) is 0 Å². The van der Waals surface area contributed by atoms with Gasteiger partial charge in [-0.1, -0.05) is 6.08 Å². The number of hydrogen-bond acceptors (Lipinski definition) is 5. The summed E-state index contributed by atoms with van der Waals surface area (Å²) >= 11 is 0. The van der Waals surface area contributed by atoms with E-state index in [2.05, 4.69) is 12.2 Å². The van der Waals surface area contributed by atoms with Crippen molar-refractivity contribution in [2.75, 3.05) is 6.61 Å². The molecule has 2 fully saturated rings. The number of hydrogen-bond donors (Lipinski definition) is 0. The van der Waals surface area contributed by atoms with Crippen LogP contribution < -0.4 is 0 Å². The van der Waals surface area contributed by atoms with E-state index in [0.717, 1.165) is 44.3 Å². The predicted molar refractivity (Wildman–Crippen MR) is 117 cm³/mol. The first kappa shape index (κ1) is 22.3. The fraction of sp³-hybridized carbons (Fsp3) is 0.731. The van der Waals surface area contributed by atoms with Crippen molar-refractivity contribution in [3.05, 3.63) is 23.5 Å². The molecule has 0 amide bonds. The number of ether oxygens (including phenoxy) is 2. The van der Waals surface area contributed by atoms with Crippen molar-refractivity contribution in [2.24, 2.45) is 34.5 Å². The molecule has 0 saturated heterocycles. The molecule has 170 valence electrons. The molecule has 0 aromatic rings. The van der Waals surface area contributed by atoms with Gasteiger partial charge in [0.1, 0.15) is 11.5 Å². The molecule has 0 radical (unpaired) electrons. The van der Waals surface area contributed by atoms with E-state index < -0.39 is 5.41 Å². The summed E-state index contributed by atoms with van der Waals surface area (Å²) in [5.74, 6) is 2.75. The molecule has 0 N–H and O–H groups in total. The van der Waals surface area contributed by atoms with Gasteiger partial charge in [-0.2, -0.15) is 0 Å². The summed E-state index contributed by atoms with van der Waals surface area (Å²) in [6.07, 6.45) is 11.5. The van der Waals surface area contributed by atoms with Crippen LogP contribution in [0.2, 0.25) is 0 Å². The second kappa shape index (κ2) is 8.22. The van der Waals surface area contributed by atoms with Crippen LogP contribution in [0.4, 0.5) is 0 Å². The van der Waals surface area contributed by atoms with Crippen molar-refractivity contribution in [1.29, 1.82) is 0 Å². The molecule has 5 atom stereocenters. The maximum absolute atomic E-state index is 13.1. The van der Waals surface area contributed by atoms with E-state index in [-0.39, 0.29) is 17.4 Å². The summed E-state index contributed by atoms with van der Waals surface area (Å²) in [7, 11) is 0. The van der Waals surface area contributed by atoms with Gasteiger partial charge in [-0.15, -0.1) is 0 Å². The van der Waals surface area contributed by atoms with Gasteiger partial charge in [0.2, 0.25) is 0 Å². The zero-order valence-electron chi connectivity index (χ0n) is 19.4. The number of ketones is 1. The summed E-state index contributed by atoms with van der Waals surface area (Å²) in [6, 6.07) is 0. The standard InChI is InChI=1S/C26H36O5/c1-16(27)31-18-6-8-19-17(15-18)5-7-21-20(19)11-12-26(22(21)9-10-23(26)28)13-14-30-24(29)25(2,3)4/h5,15,19-22H,6-14H2,1-4H3/t19?,20?,21?,22?,26-/m1/s1. The summed E-state index contributed by atoms with van der Waals surface area (Å²) in [5.41, 5.74) is 0.496.